The number of hydrogen-bond donors (Lipinski definition) is 4. The number of rotatable bonds is 7. The molecule has 2 unspecified atom stereocenters. The van der Waals surface area contributed by atoms with E-state index in [1.165, 1.54) is 6.20 Å². The minimum atomic E-state index is -0.987. The van der Waals surface area contributed by atoms with Crippen LogP contribution in [0.2, 0.25) is 0 Å². The fourth-order valence-electron chi connectivity index (χ4n) is 6.26. The molecule has 4 aliphatic rings. The highest BCUT2D eigenvalue weighted by Gasteiger charge is 2.44. The Bertz CT molecular complexity index is 1800. The molecule has 4 heterocycles. The molecule has 1 aliphatic carbocycles. The highest BCUT2D eigenvalue weighted by molar-refractivity contribution is 6.23. The summed E-state index contributed by atoms with van der Waals surface area (Å²) in [5, 5.41) is 9.06. The van der Waals surface area contributed by atoms with Crippen LogP contribution in [0, 0.1) is 0 Å². The molecular weight excluding hydrogens is 574 g/mol. The number of imide groups is 2. The van der Waals surface area contributed by atoms with Crippen molar-refractivity contribution in [1.82, 2.24) is 25.5 Å². The largest absolute Gasteiger partial charge is 0.404 e. The highest BCUT2D eigenvalue weighted by atomic mass is 16.2. The number of benzene rings is 2. The fraction of sp³-hybridized carbons (Fsp3) is 0.344. The zero-order chi connectivity index (χ0) is 31.2. The van der Waals surface area contributed by atoms with Crippen molar-refractivity contribution in [3.8, 4) is 0 Å². The molecule has 0 spiro atoms. The fourth-order valence-corrected chi connectivity index (χ4v) is 6.26. The van der Waals surface area contributed by atoms with Crippen LogP contribution in [0.5, 0.6) is 0 Å². The van der Waals surface area contributed by atoms with E-state index in [1.807, 2.05) is 12.1 Å². The zero-order valence-corrected chi connectivity index (χ0v) is 24.7. The second-order valence-corrected chi connectivity index (χ2v) is 12.0. The average molecular weight is 608 g/mol. The summed E-state index contributed by atoms with van der Waals surface area (Å²) in [6.45, 7) is 3.89. The number of nitrogens with two attached hydrogens (primary N) is 1. The summed E-state index contributed by atoms with van der Waals surface area (Å²) in [4.78, 5) is 67.3. The van der Waals surface area contributed by atoms with Crippen molar-refractivity contribution >= 4 is 57.8 Å². The van der Waals surface area contributed by atoms with Crippen molar-refractivity contribution in [2.75, 3.05) is 23.4 Å². The van der Waals surface area contributed by atoms with Crippen LogP contribution in [0.1, 0.15) is 59.0 Å². The van der Waals surface area contributed by atoms with Crippen LogP contribution in [-0.4, -0.2) is 82.1 Å². The van der Waals surface area contributed by atoms with Gasteiger partial charge in [0.05, 0.1) is 46.8 Å². The SMILES string of the molecule is CC1CN(c2ccc3ncc(C(C=NC4CC(Nc5ccc6c(c5)C(=O)N(C5CCC(=O)NC5=O)C6=O)C4)=CN)nc3c2)CN1. The Hall–Kier alpha value is -5.17. The molecule has 13 heteroatoms. The molecule has 4 amide bonds. The third-order valence-corrected chi connectivity index (χ3v) is 8.84. The van der Waals surface area contributed by atoms with Crippen molar-refractivity contribution in [3.05, 3.63) is 65.6 Å². The quantitative estimate of drug-likeness (QED) is 0.229. The second kappa shape index (κ2) is 11.4. The molecule has 2 atom stereocenters. The molecule has 1 saturated carbocycles. The molecule has 3 aliphatic heterocycles. The van der Waals surface area contributed by atoms with Gasteiger partial charge in [-0.15, -0.1) is 0 Å². The number of anilines is 2. The lowest BCUT2D eigenvalue weighted by Gasteiger charge is -2.34. The first-order valence-corrected chi connectivity index (χ1v) is 15.1. The van der Waals surface area contributed by atoms with Crippen LogP contribution in [0.25, 0.3) is 16.6 Å². The summed E-state index contributed by atoms with van der Waals surface area (Å²) >= 11 is 0. The third-order valence-electron chi connectivity index (χ3n) is 8.84. The van der Waals surface area contributed by atoms with E-state index in [0.717, 1.165) is 47.7 Å². The lowest BCUT2D eigenvalue weighted by atomic mass is 9.87. The Morgan fingerprint density at radius 2 is 1.89 bits per heavy atom. The molecule has 2 aromatic carbocycles. The summed E-state index contributed by atoms with van der Waals surface area (Å²) in [6.07, 6.45) is 6.69. The number of piperidine rings is 1. The van der Waals surface area contributed by atoms with E-state index < -0.39 is 29.7 Å². The van der Waals surface area contributed by atoms with Crippen LogP contribution >= 0.6 is 0 Å². The predicted molar refractivity (Wildman–Crippen MR) is 169 cm³/mol. The monoisotopic (exact) mass is 607 g/mol. The third kappa shape index (κ3) is 5.39. The maximum Gasteiger partial charge on any atom is 0.262 e. The zero-order valence-electron chi connectivity index (χ0n) is 24.7. The molecule has 3 fully saturated rings. The summed E-state index contributed by atoms with van der Waals surface area (Å²) in [5.74, 6) is -2.08. The lowest BCUT2D eigenvalue weighted by molar-refractivity contribution is -0.136. The maximum absolute atomic E-state index is 13.1. The molecule has 13 nitrogen and oxygen atoms in total. The maximum atomic E-state index is 13.1. The normalized spacial score (nSPS) is 25.2. The number of carbonyl (C=O) groups excluding carboxylic acids is 4. The van der Waals surface area contributed by atoms with Gasteiger partial charge in [0.15, 0.2) is 0 Å². The predicted octanol–water partition coefficient (Wildman–Crippen LogP) is 1.80. The van der Waals surface area contributed by atoms with Crippen molar-refractivity contribution in [2.24, 2.45) is 10.7 Å². The summed E-state index contributed by atoms with van der Waals surface area (Å²) in [7, 11) is 0. The Morgan fingerprint density at radius 3 is 2.64 bits per heavy atom. The van der Waals surface area contributed by atoms with Crippen LogP contribution in [-0.2, 0) is 9.59 Å². The van der Waals surface area contributed by atoms with E-state index in [4.69, 9.17) is 15.7 Å². The molecule has 0 radical (unpaired) electrons. The smallest absolute Gasteiger partial charge is 0.262 e. The first-order chi connectivity index (χ1) is 21.8. The number of nitrogens with zero attached hydrogens (tertiary/aromatic N) is 5. The highest BCUT2D eigenvalue weighted by Crippen LogP contribution is 2.32. The van der Waals surface area contributed by atoms with E-state index in [2.05, 4.69) is 38.8 Å². The summed E-state index contributed by atoms with van der Waals surface area (Å²) in [6, 6.07) is 10.8. The molecule has 230 valence electrons. The van der Waals surface area contributed by atoms with Gasteiger partial charge < -0.3 is 16.0 Å². The molecule has 3 aromatic rings. The Labute approximate surface area is 259 Å². The number of fused-ring (bicyclic) bond motifs is 2. The molecule has 2 saturated heterocycles. The van der Waals surface area contributed by atoms with Gasteiger partial charge in [-0.2, -0.15) is 0 Å². The van der Waals surface area contributed by atoms with Gasteiger partial charge in [-0.05, 0) is 62.6 Å². The molecule has 0 bridgehead atoms. The number of amides is 4. The van der Waals surface area contributed by atoms with E-state index in [0.29, 0.717) is 23.0 Å². The van der Waals surface area contributed by atoms with Crippen LogP contribution in [0.3, 0.4) is 0 Å². The van der Waals surface area contributed by atoms with Crippen LogP contribution in [0.15, 0.2) is 53.8 Å². The molecule has 5 N–H and O–H groups in total. The molecule has 1 aromatic heterocycles. The first-order valence-electron chi connectivity index (χ1n) is 15.1. The summed E-state index contributed by atoms with van der Waals surface area (Å²) < 4.78 is 0. The van der Waals surface area contributed by atoms with Gasteiger partial charge in [0, 0.05) is 54.4 Å². The molecular formula is C32H33N9O4. The van der Waals surface area contributed by atoms with E-state index in [9.17, 15) is 19.2 Å². The number of nitrogens with one attached hydrogen (secondary N) is 3. The molecule has 45 heavy (non-hydrogen) atoms. The van der Waals surface area contributed by atoms with E-state index in [1.54, 1.807) is 30.6 Å². The van der Waals surface area contributed by atoms with Gasteiger partial charge in [-0.1, -0.05) is 0 Å². The average Bonchev–Trinajstić information content (AvgIpc) is 3.56. The lowest BCUT2D eigenvalue weighted by Crippen LogP contribution is -2.54. The van der Waals surface area contributed by atoms with Crippen molar-refractivity contribution in [1.29, 1.82) is 0 Å². The Kier molecular flexibility index (Phi) is 7.24. The van der Waals surface area contributed by atoms with Crippen LogP contribution in [0.4, 0.5) is 11.4 Å². The van der Waals surface area contributed by atoms with Gasteiger partial charge in [0.1, 0.15) is 6.04 Å². The first kappa shape index (κ1) is 28.6. The number of allylic oxidation sites excluding steroid dienone is 1. The number of aromatic nitrogens is 2. The topological polar surface area (TPSA) is 175 Å². The van der Waals surface area contributed by atoms with Gasteiger partial charge >= 0.3 is 0 Å². The number of hydrogen-bond acceptors (Lipinski definition) is 11. The second-order valence-electron chi connectivity index (χ2n) is 12.0. The number of carbonyl (C=O) groups is 4. The minimum absolute atomic E-state index is 0.0808. The van der Waals surface area contributed by atoms with Gasteiger partial charge in [-0.25, -0.2) is 4.98 Å². The number of aliphatic imine (C=N–C) groups is 1. The molecule has 7 rings (SSSR count). The van der Waals surface area contributed by atoms with Gasteiger partial charge in [0.2, 0.25) is 11.8 Å². The standard InChI is InChI=1S/C32H33N9O4/c1-17-15-40(16-36-17)22-3-5-25-26(11-22)38-27(14-35-25)18(12-33)13-34-20-8-21(9-20)37-19-2-4-23-24(10-19)32(45)41(31(23)44)28-6-7-29(42)39-30(28)43/h2-5,10-14,17,20-21,28,36-37H,6-9,15-16,33H2,1H3,(H,39,42,43). The van der Waals surface area contributed by atoms with Gasteiger partial charge in [-0.3, -0.25) is 44.7 Å². The van der Waals surface area contributed by atoms with E-state index in [-0.39, 0.29) is 36.1 Å². The van der Waals surface area contributed by atoms with Crippen molar-refractivity contribution in [3.63, 3.8) is 0 Å². The van der Waals surface area contributed by atoms with Crippen molar-refractivity contribution in [2.45, 2.75) is 56.8 Å². The summed E-state index contributed by atoms with van der Waals surface area (Å²) in [5.41, 5.74) is 11.2. The van der Waals surface area contributed by atoms with Crippen molar-refractivity contribution < 1.29 is 19.2 Å². The van der Waals surface area contributed by atoms with Gasteiger partial charge in [0.25, 0.3) is 11.8 Å². The van der Waals surface area contributed by atoms with Crippen LogP contribution < -0.4 is 26.6 Å². The Balaban J connectivity index is 0.970. The minimum Gasteiger partial charge on any atom is -0.404 e. The Morgan fingerprint density at radius 1 is 1.07 bits per heavy atom. The van der Waals surface area contributed by atoms with E-state index >= 15 is 0 Å².